The number of nitrogens with one attached hydrogen (secondary N) is 1. The lowest BCUT2D eigenvalue weighted by molar-refractivity contribution is 0.0936. The van der Waals surface area contributed by atoms with Gasteiger partial charge in [0.25, 0.3) is 5.91 Å². The van der Waals surface area contributed by atoms with Crippen molar-refractivity contribution in [1.29, 1.82) is 10.5 Å². The standard InChI is InChI=1S/C29H30N6O/c1-3-15-34(2)27-12-9-23(10-13-27)28(22-6-4-21(17-30)5-7-22)35-16-14-26(20-35)33-29(36)24-8-11-25(18-31)32-19-24/h4-13,19,26,28H,3,14-16,20H2,1-2H3,(H,33,36)/t26?,28-/m1/s1. The van der Waals surface area contributed by atoms with Gasteiger partial charge in [-0.05, 0) is 60.4 Å². The molecule has 36 heavy (non-hydrogen) atoms. The van der Waals surface area contributed by atoms with E-state index >= 15 is 0 Å². The molecule has 1 aromatic heterocycles. The van der Waals surface area contributed by atoms with E-state index in [1.807, 2.05) is 30.3 Å². The van der Waals surface area contributed by atoms with Gasteiger partial charge in [-0.2, -0.15) is 10.5 Å². The monoisotopic (exact) mass is 478 g/mol. The molecule has 1 saturated heterocycles. The SMILES string of the molecule is CCCN(C)c1ccc([C@@H](c2ccc(C#N)cc2)N2CCC(NC(=O)c3ccc(C#N)nc3)C2)cc1. The molecular weight excluding hydrogens is 448 g/mol. The van der Waals surface area contributed by atoms with Gasteiger partial charge in [-0.1, -0.05) is 31.2 Å². The average Bonchev–Trinajstić information content (AvgIpc) is 3.37. The molecule has 1 amide bonds. The average molecular weight is 479 g/mol. The minimum Gasteiger partial charge on any atom is -0.375 e. The lowest BCUT2D eigenvalue weighted by Gasteiger charge is -2.29. The zero-order valence-corrected chi connectivity index (χ0v) is 20.7. The number of anilines is 1. The molecule has 0 bridgehead atoms. The number of benzene rings is 2. The van der Waals surface area contributed by atoms with Crippen LogP contribution < -0.4 is 10.2 Å². The Kier molecular flexibility index (Phi) is 7.95. The van der Waals surface area contributed by atoms with Crippen molar-refractivity contribution in [2.24, 2.45) is 0 Å². The first-order valence-corrected chi connectivity index (χ1v) is 12.2. The van der Waals surface area contributed by atoms with Crippen LogP contribution in [0.5, 0.6) is 0 Å². The van der Waals surface area contributed by atoms with Crippen LogP contribution in [-0.4, -0.2) is 48.5 Å². The Labute approximate surface area is 212 Å². The molecular formula is C29H30N6O. The number of aromatic nitrogens is 1. The molecule has 2 heterocycles. The van der Waals surface area contributed by atoms with Gasteiger partial charge in [-0.25, -0.2) is 4.98 Å². The molecule has 7 nitrogen and oxygen atoms in total. The molecule has 4 rings (SSSR count). The third-order valence-corrected chi connectivity index (χ3v) is 6.62. The lowest BCUT2D eigenvalue weighted by Crippen LogP contribution is -2.38. The zero-order chi connectivity index (χ0) is 25.5. The van der Waals surface area contributed by atoms with Crippen LogP contribution in [-0.2, 0) is 0 Å². The number of carbonyl (C=O) groups excluding carboxylic acids is 1. The van der Waals surface area contributed by atoms with E-state index in [1.54, 1.807) is 12.1 Å². The maximum absolute atomic E-state index is 12.8. The van der Waals surface area contributed by atoms with E-state index < -0.39 is 0 Å². The van der Waals surface area contributed by atoms with Crippen molar-refractivity contribution < 1.29 is 4.79 Å². The van der Waals surface area contributed by atoms with Crippen molar-refractivity contribution >= 4 is 11.6 Å². The summed E-state index contributed by atoms with van der Waals surface area (Å²) in [6.45, 7) is 4.71. The molecule has 3 aromatic rings. The molecule has 0 radical (unpaired) electrons. The van der Waals surface area contributed by atoms with Crippen LogP contribution in [0.3, 0.4) is 0 Å². The van der Waals surface area contributed by atoms with Crippen molar-refractivity contribution in [3.8, 4) is 12.1 Å². The Morgan fingerprint density at radius 2 is 1.78 bits per heavy atom. The van der Waals surface area contributed by atoms with Crippen LogP contribution >= 0.6 is 0 Å². The second-order valence-corrected chi connectivity index (χ2v) is 9.15. The normalized spacial score (nSPS) is 16.1. The van der Waals surface area contributed by atoms with Gasteiger partial charge in [0.1, 0.15) is 11.8 Å². The van der Waals surface area contributed by atoms with Gasteiger partial charge in [0.15, 0.2) is 0 Å². The third-order valence-electron chi connectivity index (χ3n) is 6.62. The zero-order valence-electron chi connectivity index (χ0n) is 20.7. The molecule has 0 spiro atoms. The number of nitrogens with zero attached hydrogens (tertiary/aromatic N) is 5. The van der Waals surface area contributed by atoms with E-state index in [1.165, 1.54) is 17.4 Å². The largest absolute Gasteiger partial charge is 0.375 e. The molecule has 0 aliphatic carbocycles. The van der Waals surface area contributed by atoms with Gasteiger partial charge in [0.05, 0.1) is 23.2 Å². The Morgan fingerprint density at radius 1 is 1.08 bits per heavy atom. The molecule has 1 unspecified atom stereocenters. The van der Waals surface area contributed by atoms with E-state index in [9.17, 15) is 10.1 Å². The summed E-state index contributed by atoms with van der Waals surface area (Å²) in [5, 5.41) is 21.3. The molecule has 7 heteroatoms. The summed E-state index contributed by atoms with van der Waals surface area (Å²) < 4.78 is 0. The highest BCUT2D eigenvalue weighted by Crippen LogP contribution is 2.33. The number of hydrogen-bond donors (Lipinski definition) is 1. The van der Waals surface area contributed by atoms with Crippen molar-refractivity contribution in [2.45, 2.75) is 31.8 Å². The topological polar surface area (TPSA) is 96.0 Å². The van der Waals surface area contributed by atoms with E-state index in [0.717, 1.165) is 31.5 Å². The third kappa shape index (κ3) is 5.71. The summed E-state index contributed by atoms with van der Waals surface area (Å²) in [5.74, 6) is -0.183. The van der Waals surface area contributed by atoms with E-state index in [0.29, 0.717) is 17.7 Å². The number of rotatable bonds is 8. The van der Waals surface area contributed by atoms with Crippen molar-refractivity contribution in [1.82, 2.24) is 15.2 Å². The number of hydrogen-bond acceptors (Lipinski definition) is 6. The molecule has 0 saturated carbocycles. The van der Waals surface area contributed by atoms with Gasteiger partial charge < -0.3 is 10.2 Å². The summed E-state index contributed by atoms with van der Waals surface area (Å²) in [6.07, 6.45) is 3.36. The maximum Gasteiger partial charge on any atom is 0.253 e. The van der Waals surface area contributed by atoms with Crippen LogP contribution in [0, 0.1) is 22.7 Å². The van der Waals surface area contributed by atoms with Crippen LogP contribution in [0.1, 0.15) is 58.5 Å². The predicted octanol–water partition coefficient (Wildman–Crippen LogP) is 4.26. The molecule has 2 atom stereocenters. The highest BCUT2D eigenvalue weighted by molar-refractivity contribution is 5.94. The first kappa shape index (κ1) is 24.9. The minimum atomic E-state index is -0.183. The first-order valence-electron chi connectivity index (χ1n) is 12.2. The van der Waals surface area contributed by atoms with Gasteiger partial charge in [0, 0.05) is 44.6 Å². The van der Waals surface area contributed by atoms with Crippen molar-refractivity contribution in [3.05, 3.63) is 94.8 Å². The minimum absolute atomic E-state index is 0.00369. The molecule has 1 fully saturated rings. The molecule has 1 aliphatic rings. The molecule has 1 aliphatic heterocycles. The summed E-state index contributed by atoms with van der Waals surface area (Å²) in [7, 11) is 2.10. The van der Waals surface area contributed by atoms with Crippen molar-refractivity contribution in [2.75, 3.05) is 31.6 Å². The Morgan fingerprint density at radius 3 is 2.36 bits per heavy atom. The fraction of sp³-hybridized carbons (Fsp3) is 0.310. The maximum atomic E-state index is 12.8. The Bertz CT molecular complexity index is 1260. The lowest BCUT2D eigenvalue weighted by atomic mass is 9.96. The second-order valence-electron chi connectivity index (χ2n) is 9.15. The number of carbonyl (C=O) groups is 1. The summed E-state index contributed by atoms with van der Waals surface area (Å²) in [5.41, 5.74) is 4.85. The number of amides is 1. The number of likely N-dealkylation sites (tertiary alicyclic amines) is 1. The van der Waals surface area contributed by atoms with Gasteiger partial charge in [0.2, 0.25) is 0 Å². The van der Waals surface area contributed by atoms with Gasteiger partial charge in [-0.3, -0.25) is 9.69 Å². The van der Waals surface area contributed by atoms with E-state index in [2.05, 4.69) is 64.4 Å². The van der Waals surface area contributed by atoms with Crippen LogP contribution in [0.15, 0.2) is 66.9 Å². The van der Waals surface area contributed by atoms with E-state index in [4.69, 9.17) is 5.26 Å². The number of pyridine rings is 1. The second kappa shape index (κ2) is 11.5. The quantitative estimate of drug-likeness (QED) is 0.520. The number of nitriles is 2. The Hall–Kier alpha value is -4.20. The highest BCUT2D eigenvalue weighted by atomic mass is 16.1. The molecule has 2 aromatic carbocycles. The van der Waals surface area contributed by atoms with Crippen LogP contribution in [0.25, 0.3) is 0 Å². The highest BCUT2D eigenvalue weighted by Gasteiger charge is 2.31. The summed E-state index contributed by atoms with van der Waals surface area (Å²) in [6, 6.07) is 23.8. The first-order chi connectivity index (χ1) is 17.5. The predicted molar refractivity (Wildman–Crippen MR) is 139 cm³/mol. The fourth-order valence-electron chi connectivity index (χ4n) is 4.73. The molecule has 182 valence electrons. The van der Waals surface area contributed by atoms with E-state index in [-0.39, 0.29) is 23.7 Å². The van der Waals surface area contributed by atoms with Gasteiger partial charge >= 0.3 is 0 Å². The van der Waals surface area contributed by atoms with Crippen LogP contribution in [0.4, 0.5) is 5.69 Å². The Balaban J connectivity index is 1.53. The molecule has 1 N–H and O–H groups in total. The van der Waals surface area contributed by atoms with Crippen molar-refractivity contribution in [3.63, 3.8) is 0 Å². The fourth-order valence-corrected chi connectivity index (χ4v) is 4.73. The smallest absolute Gasteiger partial charge is 0.253 e. The van der Waals surface area contributed by atoms with Crippen LogP contribution in [0.2, 0.25) is 0 Å². The summed E-state index contributed by atoms with van der Waals surface area (Å²) in [4.78, 5) is 21.4. The summed E-state index contributed by atoms with van der Waals surface area (Å²) >= 11 is 0. The van der Waals surface area contributed by atoms with Gasteiger partial charge in [-0.15, -0.1) is 0 Å².